The average molecular weight is 431 g/mol. The Kier molecular flexibility index (Phi) is 5.49. The largest absolute Gasteiger partial charge is 0.416 e. The monoisotopic (exact) mass is 430 g/mol. The number of hydrogen-bond donors (Lipinski definition) is 1. The zero-order valence-corrected chi connectivity index (χ0v) is 17.0. The molecule has 0 bridgehead atoms. The number of anilines is 1. The van der Waals surface area contributed by atoms with Crippen molar-refractivity contribution in [2.75, 3.05) is 24.5 Å². The van der Waals surface area contributed by atoms with Crippen LogP contribution in [0.1, 0.15) is 50.5 Å². The number of aliphatic hydroxyl groups excluding tert-OH is 1. The van der Waals surface area contributed by atoms with E-state index in [2.05, 4.69) is 0 Å². The van der Waals surface area contributed by atoms with E-state index in [4.69, 9.17) is 11.6 Å². The van der Waals surface area contributed by atoms with Gasteiger partial charge < -0.3 is 14.9 Å². The molecule has 1 aromatic carbocycles. The molecule has 0 radical (unpaired) electrons. The molecule has 1 amide bonds. The quantitative estimate of drug-likeness (QED) is 0.752. The lowest BCUT2D eigenvalue weighted by molar-refractivity contribution is -0.139. The van der Waals surface area contributed by atoms with Gasteiger partial charge in [-0.05, 0) is 63.1 Å². The topological polar surface area (TPSA) is 43.8 Å². The predicted octanol–water partition coefficient (Wildman–Crippen LogP) is 4.48. The van der Waals surface area contributed by atoms with Gasteiger partial charge in [-0.3, -0.25) is 4.79 Å². The molecule has 1 spiro atoms. The zero-order valence-electron chi connectivity index (χ0n) is 16.2. The Hall–Kier alpha value is -1.47. The summed E-state index contributed by atoms with van der Waals surface area (Å²) in [6.07, 6.45) is 0.571. The van der Waals surface area contributed by atoms with Gasteiger partial charge in [0.1, 0.15) is 0 Å². The van der Waals surface area contributed by atoms with Gasteiger partial charge >= 0.3 is 6.18 Å². The molecule has 2 aliphatic heterocycles. The minimum atomic E-state index is -4.43. The number of piperidine rings is 1. The highest BCUT2D eigenvalue weighted by Gasteiger charge is 2.51. The van der Waals surface area contributed by atoms with Gasteiger partial charge in [-0.1, -0.05) is 11.6 Å². The van der Waals surface area contributed by atoms with E-state index >= 15 is 0 Å². The fourth-order valence-corrected chi connectivity index (χ4v) is 5.45. The van der Waals surface area contributed by atoms with Crippen molar-refractivity contribution < 1.29 is 23.1 Å². The molecule has 0 aromatic heterocycles. The summed E-state index contributed by atoms with van der Waals surface area (Å²) in [6, 6.07) is 3.54. The van der Waals surface area contributed by atoms with E-state index < -0.39 is 17.2 Å². The number of hydrogen-bond acceptors (Lipinski definition) is 3. The van der Waals surface area contributed by atoms with Crippen molar-refractivity contribution in [2.24, 2.45) is 5.41 Å². The molecule has 1 saturated carbocycles. The summed E-state index contributed by atoms with van der Waals surface area (Å²) in [6.45, 7) is 1.67. The van der Waals surface area contributed by atoms with Gasteiger partial charge in [0.05, 0.1) is 27.8 Å². The van der Waals surface area contributed by atoms with Gasteiger partial charge in [-0.15, -0.1) is 0 Å². The number of rotatable bonds is 2. The molecule has 2 heterocycles. The number of benzene rings is 1. The fraction of sp³-hybridized carbons (Fsp3) is 0.667. The Labute approximate surface area is 173 Å². The van der Waals surface area contributed by atoms with E-state index in [1.165, 1.54) is 6.07 Å². The second kappa shape index (κ2) is 7.65. The molecule has 3 aliphatic rings. The summed E-state index contributed by atoms with van der Waals surface area (Å²) in [7, 11) is 0. The number of carbonyl (C=O) groups is 1. The molecular weight excluding hydrogens is 405 g/mol. The van der Waals surface area contributed by atoms with Crippen molar-refractivity contribution in [3.05, 3.63) is 28.8 Å². The lowest BCUT2D eigenvalue weighted by Crippen LogP contribution is -2.50. The molecule has 160 valence electrons. The standard InChI is InChI=1S/C21H26ClF3N2O2/c22-17-7-2-14(21(23,24)25)12-18(17)26-10-1-8-20(13-26)9-11-27(19(20)29)15-3-5-16(28)6-4-15/h2,7,12,15-16,28H,1,3-6,8-11,13H2. The maximum absolute atomic E-state index is 13.4. The SMILES string of the molecule is O=C1N(C2CCC(O)CC2)CCC12CCCN(c1cc(C(F)(F)F)ccc1Cl)C2. The molecule has 1 atom stereocenters. The summed E-state index contributed by atoms with van der Waals surface area (Å²) in [4.78, 5) is 17.2. The minimum Gasteiger partial charge on any atom is -0.393 e. The van der Waals surface area contributed by atoms with Crippen molar-refractivity contribution in [1.29, 1.82) is 0 Å². The molecule has 1 aromatic rings. The molecule has 1 unspecified atom stereocenters. The second-order valence-electron chi connectivity index (χ2n) is 8.68. The Balaban J connectivity index is 1.54. The van der Waals surface area contributed by atoms with E-state index in [-0.39, 0.29) is 23.1 Å². The van der Waals surface area contributed by atoms with Crippen molar-refractivity contribution in [2.45, 2.75) is 63.3 Å². The number of halogens is 4. The highest BCUT2D eigenvalue weighted by Crippen LogP contribution is 2.45. The highest BCUT2D eigenvalue weighted by molar-refractivity contribution is 6.33. The van der Waals surface area contributed by atoms with Crippen LogP contribution in [0, 0.1) is 5.41 Å². The number of carbonyl (C=O) groups excluding carboxylic acids is 1. The van der Waals surface area contributed by atoms with Gasteiger partial charge in [-0.2, -0.15) is 13.2 Å². The Morgan fingerprint density at radius 2 is 1.83 bits per heavy atom. The summed E-state index contributed by atoms with van der Waals surface area (Å²) in [5, 5.41) is 10.0. The first kappa shape index (κ1) is 20.8. The van der Waals surface area contributed by atoms with Crippen LogP contribution >= 0.6 is 11.6 Å². The summed E-state index contributed by atoms with van der Waals surface area (Å²) >= 11 is 6.25. The molecule has 1 N–H and O–H groups in total. The number of likely N-dealkylation sites (tertiary alicyclic amines) is 1. The van der Waals surface area contributed by atoms with E-state index in [1.807, 2.05) is 9.80 Å². The lowest BCUT2D eigenvalue weighted by Gasteiger charge is -2.41. The van der Waals surface area contributed by atoms with Crippen LogP contribution in [-0.2, 0) is 11.0 Å². The number of amides is 1. The first-order valence-corrected chi connectivity index (χ1v) is 10.7. The van der Waals surface area contributed by atoms with Gasteiger partial charge in [-0.25, -0.2) is 0 Å². The van der Waals surface area contributed by atoms with Crippen LogP contribution in [0.2, 0.25) is 5.02 Å². The van der Waals surface area contributed by atoms with Crippen molar-refractivity contribution >= 4 is 23.2 Å². The third-order valence-corrected chi connectivity index (χ3v) is 7.16. The normalized spacial score (nSPS) is 31.0. The summed E-state index contributed by atoms with van der Waals surface area (Å²) in [5.41, 5.74) is -0.921. The average Bonchev–Trinajstić information content (AvgIpc) is 2.98. The molecule has 8 heteroatoms. The van der Waals surface area contributed by atoms with Crippen LogP contribution in [-0.4, -0.2) is 47.7 Å². The van der Waals surface area contributed by atoms with Crippen LogP contribution in [0.15, 0.2) is 18.2 Å². The van der Waals surface area contributed by atoms with E-state index in [0.717, 1.165) is 44.2 Å². The number of alkyl halides is 3. The molecular formula is C21H26ClF3N2O2. The maximum atomic E-state index is 13.4. The Morgan fingerprint density at radius 3 is 2.52 bits per heavy atom. The third kappa shape index (κ3) is 3.96. The van der Waals surface area contributed by atoms with Crippen LogP contribution < -0.4 is 4.90 Å². The van der Waals surface area contributed by atoms with Crippen LogP contribution in [0.3, 0.4) is 0 Å². The van der Waals surface area contributed by atoms with Crippen molar-refractivity contribution in [1.82, 2.24) is 4.90 Å². The number of nitrogens with zero attached hydrogens (tertiary/aromatic N) is 2. The molecule has 3 fully saturated rings. The maximum Gasteiger partial charge on any atom is 0.416 e. The van der Waals surface area contributed by atoms with Gasteiger partial charge in [0.15, 0.2) is 0 Å². The molecule has 29 heavy (non-hydrogen) atoms. The number of aliphatic hydroxyl groups is 1. The van der Waals surface area contributed by atoms with E-state index in [9.17, 15) is 23.1 Å². The first-order valence-electron chi connectivity index (χ1n) is 10.3. The highest BCUT2D eigenvalue weighted by atomic mass is 35.5. The van der Waals surface area contributed by atoms with Gasteiger partial charge in [0, 0.05) is 25.7 Å². The smallest absolute Gasteiger partial charge is 0.393 e. The summed E-state index contributed by atoms with van der Waals surface area (Å²) in [5.74, 6) is 0.117. The van der Waals surface area contributed by atoms with E-state index in [0.29, 0.717) is 38.2 Å². The fourth-order valence-electron chi connectivity index (χ4n) is 5.21. The molecule has 4 nitrogen and oxygen atoms in total. The van der Waals surface area contributed by atoms with Crippen LogP contribution in [0.5, 0.6) is 0 Å². The molecule has 4 rings (SSSR count). The summed E-state index contributed by atoms with van der Waals surface area (Å²) < 4.78 is 39.5. The predicted molar refractivity (Wildman–Crippen MR) is 105 cm³/mol. The van der Waals surface area contributed by atoms with Gasteiger partial charge in [0.25, 0.3) is 0 Å². The third-order valence-electron chi connectivity index (χ3n) is 6.84. The second-order valence-corrected chi connectivity index (χ2v) is 9.09. The molecule has 1 aliphatic carbocycles. The first-order chi connectivity index (χ1) is 13.7. The van der Waals surface area contributed by atoms with Crippen LogP contribution in [0.25, 0.3) is 0 Å². The van der Waals surface area contributed by atoms with Crippen molar-refractivity contribution in [3.63, 3.8) is 0 Å². The zero-order chi connectivity index (χ0) is 20.8. The lowest BCUT2D eigenvalue weighted by atomic mass is 9.78. The van der Waals surface area contributed by atoms with Crippen LogP contribution in [0.4, 0.5) is 18.9 Å². The van der Waals surface area contributed by atoms with Gasteiger partial charge in [0.2, 0.25) is 5.91 Å². The molecule has 2 saturated heterocycles. The Morgan fingerprint density at radius 1 is 1.10 bits per heavy atom. The minimum absolute atomic E-state index is 0.117. The van der Waals surface area contributed by atoms with E-state index in [1.54, 1.807) is 0 Å². The van der Waals surface area contributed by atoms with Crippen molar-refractivity contribution in [3.8, 4) is 0 Å². The Bertz CT molecular complexity index is 780.